The number of amides is 1. The highest BCUT2D eigenvalue weighted by atomic mass is 35.5. The summed E-state index contributed by atoms with van der Waals surface area (Å²) in [4.78, 5) is 12.0. The van der Waals surface area contributed by atoms with Gasteiger partial charge in [0.2, 0.25) is 5.91 Å². The van der Waals surface area contributed by atoms with Crippen molar-refractivity contribution < 1.29 is 19.0 Å². The monoisotopic (exact) mass is 407 g/mol. The first kappa shape index (κ1) is 19.8. The van der Waals surface area contributed by atoms with Gasteiger partial charge in [-0.1, -0.05) is 24.9 Å². The fourth-order valence-corrected chi connectivity index (χ4v) is 5.46. The lowest BCUT2D eigenvalue weighted by Crippen LogP contribution is -2.60. The lowest BCUT2D eigenvalue weighted by Gasteiger charge is -2.52. The minimum absolute atomic E-state index is 0.0113. The molecule has 154 valence electrons. The molecule has 1 saturated carbocycles. The van der Waals surface area contributed by atoms with Gasteiger partial charge in [-0.2, -0.15) is 0 Å². The fraction of sp³-hybridized carbons (Fsp3) is 0.682. The molecular weight excluding hydrogens is 378 g/mol. The van der Waals surface area contributed by atoms with E-state index < -0.39 is 0 Å². The van der Waals surface area contributed by atoms with Gasteiger partial charge in [0.25, 0.3) is 0 Å². The van der Waals surface area contributed by atoms with E-state index in [1.807, 2.05) is 12.1 Å². The number of nitrogens with one attached hydrogen (secondary N) is 1. The zero-order valence-electron chi connectivity index (χ0n) is 16.9. The van der Waals surface area contributed by atoms with Gasteiger partial charge in [-0.05, 0) is 43.4 Å². The molecule has 0 unspecified atom stereocenters. The Bertz CT molecular complexity index is 754. The number of carbonyl (C=O) groups is 1. The summed E-state index contributed by atoms with van der Waals surface area (Å²) in [6.07, 6.45) is 4.83. The van der Waals surface area contributed by atoms with Crippen LogP contribution in [0.3, 0.4) is 0 Å². The summed E-state index contributed by atoms with van der Waals surface area (Å²) in [5.74, 6) is 2.28. The highest BCUT2D eigenvalue weighted by molar-refractivity contribution is 6.32. The van der Waals surface area contributed by atoms with Crippen LogP contribution in [0, 0.1) is 11.8 Å². The molecule has 1 N–H and O–H groups in total. The molecule has 2 aliphatic heterocycles. The highest BCUT2D eigenvalue weighted by Crippen LogP contribution is 2.49. The molecule has 1 aliphatic carbocycles. The van der Waals surface area contributed by atoms with E-state index in [2.05, 4.69) is 19.2 Å². The second kappa shape index (κ2) is 7.75. The molecule has 5 nitrogen and oxygen atoms in total. The summed E-state index contributed by atoms with van der Waals surface area (Å²) in [7, 11) is 0. The van der Waals surface area contributed by atoms with Crippen molar-refractivity contribution in [3.05, 3.63) is 22.7 Å². The van der Waals surface area contributed by atoms with Gasteiger partial charge in [-0.3, -0.25) is 4.79 Å². The van der Waals surface area contributed by atoms with Crippen molar-refractivity contribution in [1.82, 2.24) is 5.32 Å². The maximum absolute atomic E-state index is 12.0. The van der Waals surface area contributed by atoms with E-state index in [1.165, 1.54) is 6.42 Å². The van der Waals surface area contributed by atoms with Crippen LogP contribution in [0.5, 0.6) is 11.5 Å². The van der Waals surface area contributed by atoms with Gasteiger partial charge in [-0.15, -0.1) is 0 Å². The third-order valence-electron chi connectivity index (χ3n) is 6.48. The predicted octanol–water partition coefficient (Wildman–Crippen LogP) is 4.66. The predicted molar refractivity (Wildman–Crippen MR) is 108 cm³/mol. The van der Waals surface area contributed by atoms with Crippen LogP contribution in [-0.2, 0) is 9.53 Å². The minimum atomic E-state index is -0.295. The van der Waals surface area contributed by atoms with Gasteiger partial charge in [0.1, 0.15) is 0 Å². The second-order valence-electron chi connectivity index (χ2n) is 8.87. The van der Waals surface area contributed by atoms with Crippen molar-refractivity contribution in [2.45, 2.75) is 70.6 Å². The quantitative estimate of drug-likeness (QED) is 0.774. The summed E-state index contributed by atoms with van der Waals surface area (Å²) in [6.45, 7) is 7.27. The average Bonchev–Trinajstić information content (AvgIpc) is 2.86. The van der Waals surface area contributed by atoms with Crippen LogP contribution in [0.25, 0.3) is 0 Å². The molecule has 4 rings (SSSR count). The number of carbonyl (C=O) groups excluding carboxylic acids is 1. The van der Waals surface area contributed by atoms with Gasteiger partial charge in [0.05, 0.1) is 30.4 Å². The van der Waals surface area contributed by atoms with Gasteiger partial charge < -0.3 is 19.5 Å². The smallest absolute Gasteiger partial charge is 0.217 e. The van der Waals surface area contributed by atoms with Crippen LogP contribution in [0.1, 0.15) is 64.5 Å². The van der Waals surface area contributed by atoms with Crippen LogP contribution in [-0.4, -0.2) is 30.8 Å². The van der Waals surface area contributed by atoms with Crippen LogP contribution in [0.15, 0.2) is 12.1 Å². The molecule has 3 aliphatic rings. The standard InChI is InChI=1S/C22H30ClNO4/c1-13-5-6-16-18(9-13)28-20(12-22(16,3)24-14(2)25)15-10-17(23)21-19(11-15)26-7-4-8-27-21/h10-11,13,16,18,20H,4-9,12H2,1-3H3,(H,24,25)/t13-,16-,18-,20-,22-/m1/s1. The molecule has 5 atom stereocenters. The topological polar surface area (TPSA) is 56.8 Å². The Labute approximate surface area is 172 Å². The van der Waals surface area contributed by atoms with E-state index in [4.69, 9.17) is 25.8 Å². The van der Waals surface area contributed by atoms with Crippen LogP contribution in [0.2, 0.25) is 5.02 Å². The number of rotatable bonds is 2. The Morgan fingerprint density at radius 2 is 2.04 bits per heavy atom. The lowest BCUT2D eigenvalue weighted by molar-refractivity contribution is -0.153. The van der Waals surface area contributed by atoms with Gasteiger partial charge in [0, 0.05) is 31.2 Å². The van der Waals surface area contributed by atoms with Crippen molar-refractivity contribution in [3.63, 3.8) is 0 Å². The Morgan fingerprint density at radius 1 is 1.25 bits per heavy atom. The molecule has 28 heavy (non-hydrogen) atoms. The van der Waals surface area contributed by atoms with E-state index >= 15 is 0 Å². The maximum Gasteiger partial charge on any atom is 0.217 e. The lowest BCUT2D eigenvalue weighted by atomic mass is 9.66. The number of halogens is 1. The van der Waals surface area contributed by atoms with Crippen LogP contribution in [0.4, 0.5) is 0 Å². The summed E-state index contributed by atoms with van der Waals surface area (Å²) in [5, 5.41) is 3.81. The van der Waals surface area contributed by atoms with Crippen molar-refractivity contribution in [2.75, 3.05) is 13.2 Å². The molecule has 1 aromatic carbocycles. The van der Waals surface area contributed by atoms with Crippen LogP contribution < -0.4 is 14.8 Å². The van der Waals surface area contributed by atoms with E-state index in [0.29, 0.717) is 41.6 Å². The molecule has 0 radical (unpaired) electrons. The van der Waals surface area contributed by atoms with Gasteiger partial charge in [-0.25, -0.2) is 0 Å². The average molecular weight is 408 g/mol. The molecule has 0 spiro atoms. The van der Waals surface area contributed by atoms with E-state index in [-0.39, 0.29) is 23.7 Å². The Morgan fingerprint density at radius 3 is 2.82 bits per heavy atom. The second-order valence-corrected chi connectivity index (χ2v) is 9.28. The number of hydrogen-bond acceptors (Lipinski definition) is 4. The number of benzene rings is 1. The first-order chi connectivity index (χ1) is 13.4. The van der Waals surface area contributed by atoms with Crippen molar-refractivity contribution >= 4 is 17.5 Å². The summed E-state index contributed by atoms with van der Waals surface area (Å²) in [6, 6.07) is 3.93. The first-order valence-electron chi connectivity index (χ1n) is 10.4. The molecule has 1 amide bonds. The number of hydrogen-bond donors (Lipinski definition) is 1. The molecule has 1 saturated heterocycles. The minimum Gasteiger partial charge on any atom is -0.489 e. The molecule has 1 aromatic rings. The summed E-state index contributed by atoms with van der Waals surface area (Å²) < 4.78 is 18.2. The maximum atomic E-state index is 12.0. The molecule has 6 heteroatoms. The van der Waals surface area contributed by atoms with Crippen molar-refractivity contribution in [1.29, 1.82) is 0 Å². The third kappa shape index (κ3) is 3.84. The molecular formula is C22H30ClNO4. The number of fused-ring (bicyclic) bond motifs is 2. The Hall–Kier alpha value is -1.46. The molecule has 2 fully saturated rings. The molecule has 0 aromatic heterocycles. The normalized spacial score (nSPS) is 34.9. The molecule has 2 heterocycles. The van der Waals surface area contributed by atoms with Crippen molar-refractivity contribution in [3.8, 4) is 11.5 Å². The van der Waals surface area contributed by atoms with Crippen LogP contribution >= 0.6 is 11.6 Å². The summed E-state index contributed by atoms with van der Waals surface area (Å²) >= 11 is 6.52. The van der Waals surface area contributed by atoms with Gasteiger partial charge >= 0.3 is 0 Å². The van der Waals surface area contributed by atoms with E-state index in [9.17, 15) is 4.79 Å². The van der Waals surface area contributed by atoms with E-state index in [1.54, 1.807) is 6.92 Å². The number of ether oxygens (including phenoxy) is 3. The Kier molecular flexibility index (Phi) is 5.49. The van der Waals surface area contributed by atoms with Gasteiger partial charge in [0.15, 0.2) is 11.5 Å². The molecule has 0 bridgehead atoms. The fourth-order valence-electron chi connectivity index (χ4n) is 5.18. The first-order valence-corrected chi connectivity index (χ1v) is 10.8. The highest BCUT2D eigenvalue weighted by Gasteiger charge is 2.49. The zero-order chi connectivity index (χ0) is 19.9. The SMILES string of the molecule is CC(=O)N[C@]1(C)C[C@H](c2cc(Cl)c3c(c2)OCCCO3)O[C@@H]2C[C@H](C)CC[C@H]21. The summed E-state index contributed by atoms with van der Waals surface area (Å²) in [5.41, 5.74) is 0.693. The zero-order valence-corrected chi connectivity index (χ0v) is 17.7. The van der Waals surface area contributed by atoms with Crippen molar-refractivity contribution in [2.24, 2.45) is 11.8 Å². The van der Waals surface area contributed by atoms with E-state index in [0.717, 1.165) is 31.2 Å². The largest absolute Gasteiger partial charge is 0.489 e. The third-order valence-corrected chi connectivity index (χ3v) is 6.76. The Balaban J connectivity index is 1.66.